The summed E-state index contributed by atoms with van der Waals surface area (Å²) in [6.45, 7) is 12.7. The van der Waals surface area contributed by atoms with Crippen molar-refractivity contribution in [3.05, 3.63) is 100 Å². The number of ether oxygens (including phenoxy) is 2. The SMILES string of the molecule is COc1ccccc1CN1C(=O)C(=O)/C(=C(/O)c2cc(C(C)(C)C)ccc2OC)C1c1ccc(C(C)(C)C)cc1. The summed E-state index contributed by atoms with van der Waals surface area (Å²) in [5.41, 5.74) is 3.71. The Morgan fingerprint density at radius 1 is 0.800 bits per heavy atom. The fourth-order valence-electron chi connectivity index (χ4n) is 5.08. The van der Waals surface area contributed by atoms with Crippen molar-refractivity contribution in [1.82, 2.24) is 4.90 Å². The molecule has 6 nitrogen and oxygen atoms in total. The Morgan fingerprint density at radius 3 is 1.95 bits per heavy atom. The van der Waals surface area contributed by atoms with Crippen LogP contribution >= 0.6 is 0 Å². The van der Waals surface area contributed by atoms with Crippen molar-refractivity contribution >= 4 is 17.4 Å². The van der Waals surface area contributed by atoms with Crippen LogP contribution in [0.2, 0.25) is 0 Å². The van der Waals surface area contributed by atoms with E-state index in [-0.39, 0.29) is 28.7 Å². The van der Waals surface area contributed by atoms with Gasteiger partial charge >= 0.3 is 0 Å². The summed E-state index contributed by atoms with van der Waals surface area (Å²) in [5, 5.41) is 11.8. The molecule has 0 saturated carbocycles. The lowest BCUT2D eigenvalue weighted by Crippen LogP contribution is -2.29. The Labute approximate surface area is 237 Å². The van der Waals surface area contributed by atoms with Crippen molar-refractivity contribution < 1.29 is 24.2 Å². The summed E-state index contributed by atoms with van der Waals surface area (Å²) in [6.07, 6.45) is 0. The smallest absolute Gasteiger partial charge is 0.295 e. The van der Waals surface area contributed by atoms with Crippen LogP contribution in [0.15, 0.2) is 72.3 Å². The van der Waals surface area contributed by atoms with Gasteiger partial charge in [0.25, 0.3) is 11.7 Å². The number of Topliss-reactive ketones (excluding diaryl/α,β-unsaturated/α-hetero) is 1. The maximum Gasteiger partial charge on any atom is 0.295 e. The first-order valence-electron chi connectivity index (χ1n) is 13.5. The molecule has 0 aromatic heterocycles. The van der Waals surface area contributed by atoms with Crippen molar-refractivity contribution in [3.63, 3.8) is 0 Å². The maximum absolute atomic E-state index is 13.7. The third-order valence-electron chi connectivity index (χ3n) is 7.49. The van der Waals surface area contributed by atoms with Crippen LogP contribution in [0.1, 0.15) is 75.4 Å². The van der Waals surface area contributed by atoms with Gasteiger partial charge in [-0.3, -0.25) is 9.59 Å². The number of hydrogen-bond donors (Lipinski definition) is 1. The number of aliphatic hydroxyl groups excluding tert-OH is 1. The fourth-order valence-corrected chi connectivity index (χ4v) is 5.08. The number of likely N-dealkylation sites (tertiary alicyclic amines) is 1. The van der Waals surface area contributed by atoms with Gasteiger partial charge in [0.05, 0.1) is 37.9 Å². The first kappa shape index (κ1) is 28.9. The molecular formula is C34H39NO5. The number of carbonyl (C=O) groups is 2. The minimum atomic E-state index is -0.804. The van der Waals surface area contributed by atoms with Gasteiger partial charge in [0.15, 0.2) is 0 Å². The van der Waals surface area contributed by atoms with E-state index in [2.05, 4.69) is 41.5 Å². The van der Waals surface area contributed by atoms with Gasteiger partial charge < -0.3 is 19.5 Å². The second-order valence-electron chi connectivity index (χ2n) is 12.3. The zero-order valence-electron chi connectivity index (χ0n) is 24.7. The van der Waals surface area contributed by atoms with Crippen LogP contribution in [0.3, 0.4) is 0 Å². The summed E-state index contributed by atoms with van der Waals surface area (Å²) in [6, 6.07) is 20.1. The molecule has 1 N–H and O–H groups in total. The molecule has 0 radical (unpaired) electrons. The molecule has 1 atom stereocenters. The van der Waals surface area contributed by atoms with Crippen LogP contribution in [0.25, 0.3) is 5.76 Å². The Kier molecular flexibility index (Phi) is 7.84. The minimum absolute atomic E-state index is 0.0350. The summed E-state index contributed by atoms with van der Waals surface area (Å²) >= 11 is 0. The average molecular weight is 542 g/mol. The molecule has 0 aliphatic carbocycles. The normalized spacial score (nSPS) is 17.3. The molecular weight excluding hydrogens is 502 g/mol. The maximum atomic E-state index is 13.7. The molecule has 1 saturated heterocycles. The molecule has 3 aromatic rings. The van der Waals surface area contributed by atoms with E-state index in [4.69, 9.17) is 9.47 Å². The zero-order valence-corrected chi connectivity index (χ0v) is 24.7. The topological polar surface area (TPSA) is 76.1 Å². The van der Waals surface area contributed by atoms with Gasteiger partial charge in [-0.05, 0) is 45.7 Å². The van der Waals surface area contributed by atoms with Gasteiger partial charge in [-0.2, -0.15) is 0 Å². The molecule has 1 unspecified atom stereocenters. The predicted octanol–water partition coefficient (Wildman–Crippen LogP) is 6.92. The summed E-state index contributed by atoms with van der Waals surface area (Å²) in [7, 11) is 3.09. The predicted molar refractivity (Wildman–Crippen MR) is 158 cm³/mol. The summed E-state index contributed by atoms with van der Waals surface area (Å²) in [4.78, 5) is 28.8. The molecule has 40 heavy (non-hydrogen) atoms. The third-order valence-corrected chi connectivity index (χ3v) is 7.49. The van der Waals surface area contributed by atoms with E-state index < -0.39 is 17.7 Å². The van der Waals surface area contributed by atoms with Gasteiger partial charge in [-0.15, -0.1) is 0 Å². The van der Waals surface area contributed by atoms with E-state index >= 15 is 0 Å². The molecule has 6 heteroatoms. The van der Waals surface area contributed by atoms with Gasteiger partial charge in [0.2, 0.25) is 0 Å². The molecule has 0 bridgehead atoms. The molecule has 210 valence electrons. The van der Waals surface area contributed by atoms with E-state index in [1.165, 1.54) is 12.0 Å². The van der Waals surface area contributed by atoms with Crippen molar-refractivity contribution in [2.45, 2.75) is 65.0 Å². The molecule has 1 aliphatic rings. The number of ketones is 1. The Balaban J connectivity index is 1.94. The number of carbonyl (C=O) groups excluding carboxylic acids is 2. The van der Waals surface area contributed by atoms with Crippen LogP contribution in [0.5, 0.6) is 11.5 Å². The van der Waals surface area contributed by atoms with E-state index in [0.717, 1.165) is 22.3 Å². The zero-order chi connectivity index (χ0) is 29.4. The van der Waals surface area contributed by atoms with E-state index in [1.807, 2.05) is 60.7 Å². The highest BCUT2D eigenvalue weighted by Gasteiger charge is 2.46. The molecule has 1 amide bonds. The van der Waals surface area contributed by atoms with Crippen molar-refractivity contribution in [2.24, 2.45) is 0 Å². The first-order chi connectivity index (χ1) is 18.8. The Hall–Kier alpha value is -4.06. The van der Waals surface area contributed by atoms with E-state index in [0.29, 0.717) is 17.1 Å². The van der Waals surface area contributed by atoms with Gasteiger partial charge in [-0.25, -0.2) is 0 Å². The number of hydrogen-bond acceptors (Lipinski definition) is 5. The monoisotopic (exact) mass is 541 g/mol. The lowest BCUT2D eigenvalue weighted by atomic mass is 9.84. The van der Waals surface area contributed by atoms with Crippen LogP contribution in [0, 0.1) is 0 Å². The van der Waals surface area contributed by atoms with Crippen LogP contribution in [0.4, 0.5) is 0 Å². The standard InChI is InChI=1S/C34H39NO5/c1-33(2,3)23-15-13-21(14-16-23)29-28(30(36)25-19-24(34(4,5)6)17-18-27(25)40-8)31(37)32(38)35(29)20-22-11-9-10-12-26(22)39-7/h9-19,29,36H,20H2,1-8H3/b30-28+. The largest absolute Gasteiger partial charge is 0.507 e. The average Bonchev–Trinajstić information content (AvgIpc) is 3.16. The quantitative estimate of drug-likeness (QED) is 0.208. The molecule has 1 heterocycles. The molecule has 1 fully saturated rings. The van der Waals surface area contributed by atoms with Crippen LogP contribution in [-0.4, -0.2) is 35.9 Å². The van der Waals surface area contributed by atoms with Crippen molar-refractivity contribution in [1.29, 1.82) is 0 Å². The fraction of sp³-hybridized carbons (Fsp3) is 0.353. The lowest BCUT2D eigenvalue weighted by molar-refractivity contribution is -0.140. The van der Waals surface area contributed by atoms with Crippen LogP contribution in [-0.2, 0) is 27.0 Å². The highest BCUT2D eigenvalue weighted by atomic mass is 16.5. The Morgan fingerprint density at radius 2 is 1.38 bits per heavy atom. The number of benzene rings is 3. The second-order valence-corrected chi connectivity index (χ2v) is 12.3. The van der Waals surface area contributed by atoms with Gasteiger partial charge in [0, 0.05) is 5.56 Å². The third kappa shape index (κ3) is 5.48. The van der Waals surface area contributed by atoms with Crippen molar-refractivity contribution in [2.75, 3.05) is 14.2 Å². The van der Waals surface area contributed by atoms with E-state index in [1.54, 1.807) is 13.2 Å². The molecule has 3 aromatic carbocycles. The summed E-state index contributed by atoms with van der Waals surface area (Å²) < 4.78 is 11.1. The highest BCUT2D eigenvalue weighted by molar-refractivity contribution is 6.46. The second kappa shape index (κ2) is 10.8. The minimum Gasteiger partial charge on any atom is -0.507 e. The molecule has 1 aliphatic heterocycles. The first-order valence-corrected chi connectivity index (χ1v) is 13.5. The highest BCUT2D eigenvalue weighted by Crippen LogP contribution is 2.43. The van der Waals surface area contributed by atoms with E-state index in [9.17, 15) is 14.7 Å². The number of rotatable bonds is 6. The summed E-state index contributed by atoms with van der Waals surface area (Å²) in [5.74, 6) is -0.633. The van der Waals surface area contributed by atoms with Crippen molar-refractivity contribution in [3.8, 4) is 11.5 Å². The van der Waals surface area contributed by atoms with Gasteiger partial charge in [-0.1, -0.05) is 90.1 Å². The number of amides is 1. The number of nitrogens with zero attached hydrogens (tertiary/aromatic N) is 1. The number of para-hydroxylation sites is 1. The lowest BCUT2D eigenvalue weighted by Gasteiger charge is -2.27. The number of methoxy groups -OCH3 is 2. The molecule has 0 spiro atoms. The van der Waals surface area contributed by atoms with Gasteiger partial charge in [0.1, 0.15) is 17.3 Å². The number of aliphatic hydroxyl groups is 1. The molecule has 4 rings (SSSR count). The Bertz CT molecular complexity index is 1450. The van der Waals surface area contributed by atoms with Crippen LogP contribution < -0.4 is 9.47 Å².